The third kappa shape index (κ3) is 3.50. The molecule has 2 rings (SSSR count). The molecular formula is C16H22N2O4. The molecule has 0 aromatic heterocycles. The van der Waals surface area contributed by atoms with E-state index >= 15 is 0 Å². The zero-order valence-electron chi connectivity index (χ0n) is 13.2. The van der Waals surface area contributed by atoms with Crippen LogP contribution in [-0.4, -0.2) is 38.6 Å². The summed E-state index contributed by atoms with van der Waals surface area (Å²) in [6.07, 6.45) is 1.61. The van der Waals surface area contributed by atoms with Gasteiger partial charge in [0.2, 0.25) is 11.8 Å². The van der Waals surface area contributed by atoms with Crippen molar-refractivity contribution >= 4 is 17.5 Å². The second-order valence-corrected chi connectivity index (χ2v) is 5.26. The van der Waals surface area contributed by atoms with Crippen LogP contribution in [0.15, 0.2) is 18.2 Å². The maximum Gasteiger partial charge on any atom is 0.229 e. The first-order chi connectivity index (χ1) is 10.6. The predicted molar refractivity (Wildman–Crippen MR) is 83.4 cm³/mol. The molecule has 1 aliphatic rings. The van der Waals surface area contributed by atoms with E-state index < -0.39 is 0 Å². The highest BCUT2D eigenvalue weighted by molar-refractivity contribution is 5.97. The van der Waals surface area contributed by atoms with E-state index in [9.17, 15) is 9.59 Å². The summed E-state index contributed by atoms with van der Waals surface area (Å²) in [5.41, 5.74) is 0.745. The van der Waals surface area contributed by atoms with Crippen molar-refractivity contribution in [1.82, 2.24) is 5.32 Å². The minimum absolute atomic E-state index is 0.00513. The molecule has 0 saturated carbocycles. The number of amides is 2. The lowest BCUT2D eigenvalue weighted by Crippen LogP contribution is -2.36. The Kier molecular flexibility index (Phi) is 5.25. The number of carbonyl (C=O) groups is 2. The van der Waals surface area contributed by atoms with Crippen LogP contribution in [0.5, 0.6) is 11.5 Å². The second-order valence-electron chi connectivity index (χ2n) is 5.26. The molecule has 2 amide bonds. The van der Waals surface area contributed by atoms with Gasteiger partial charge < -0.3 is 19.7 Å². The van der Waals surface area contributed by atoms with Gasteiger partial charge in [-0.1, -0.05) is 6.92 Å². The molecule has 22 heavy (non-hydrogen) atoms. The maximum absolute atomic E-state index is 12.2. The summed E-state index contributed by atoms with van der Waals surface area (Å²) in [6, 6.07) is 5.21. The van der Waals surface area contributed by atoms with Crippen molar-refractivity contribution in [1.29, 1.82) is 0 Å². The highest BCUT2D eigenvalue weighted by Gasteiger charge is 2.31. The molecule has 1 fully saturated rings. The maximum atomic E-state index is 12.2. The molecule has 6 heteroatoms. The number of hydrogen-bond acceptors (Lipinski definition) is 4. The van der Waals surface area contributed by atoms with Crippen LogP contribution < -0.4 is 19.7 Å². The average molecular weight is 306 g/mol. The van der Waals surface area contributed by atoms with Gasteiger partial charge in [0.25, 0.3) is 0 Å². The largest absolute Gasteiger partial charge is 0.493 e. The lowest BCUT2D eigenvalue weighted by atomic mass is 10.2. The molecule has 1 saturated heterocycles. The fourth-order valence-electron chi connectivity index (χ4n) is 2.57. The number of hydrogen-bond donors (Lipinski definition) is 1. The van der Waals surface area contributed by atoms with E-state index in [-0.39, 0.29) is 17.9 Å². The average Bonchev–Trinajstić information content (AvgIpc) is 2.87. The molecule has 1 atom stereocenters. The fraction of sp³-hybridized carbons (Fsp3) is 0.500. The molecule has 1 N–H and O–H groups in total. The van der Waals surface area contributed by atoms with E-state index in [1.807, 2.05) is 13.0 Å². The first-order valence-electron chi connectivity index (χ1n) is 7.40. The number of nitrogens with one attached hydrogen (secondary N) is 1. The van der Waals surface area contributed by atoms with E-state index in [0.717, 1.165) is 12.1 Å². The van der Waals surface area contributed by atoms with Crippen LogP contribution in [0.2, 0.25) is 0 Å². The van der Waals surface area contributed by atoms with Crippen LogP contribution in [0.1, 0.15) is 26.2 Å². The Hall–Kier alpha value is -2.24. The number of nitrogens with zero attached hydrogens (tertiary/aromatic N) is 1. The first kappa shape index (κ1) is 16.1. The van der Waals surface area contributed by atoms with Crippen LogP contribution in [-0.2, 0) is 9.59 Å². The van der Waals surface area contributed by atoms with E-state index in [4.69, 9.17) is 9.47 Å². The summed E-state index contributed by atoms with van der Waals surface area (Å²) in [5.74, 6) is 1.18. The smallest absolute Gasteiger partial charge is 0.229 e. The Bertz CT molecular complexity index is 559. The zero-order valence-corrected chi connectivity index (χ0v) is 13.2. The second kappa shape index (κ2) is 7.15. The molecule has 1 unspecified atom stereocenters. The Morgan fingerprint density at radius 3 is 2.68 bits per heavy atom. The molecule has 120 valence electrons. The Morgan fingerprint density at radius 2 is 2.05 bits per heavy atom. The van der Waals surface area contributed by atoms with E-state index in [2.05, 4.69) is 5.32 Å². The fourth-order valence-corrected chi connectivity index (χ4v) is 2.57. The van der Waals surface area contributed by atoms with Crippen molar-refractivity contribution < 1.29 is 19.1 Å². The van der Waals surface area contributed by atoms with Gasteiger partial charge in [0.05, 0.1) is 20.3 Å². The number of methoxy groups -OCH3 is 2. The highest BCUT2D eigenvalue weighted by Crippen LogP contribution is 2.33. The monoisotopic (exact) mass is 306 g/mol. The third-order valence-electron chi connectivity index (χ3n) is 3.65. The Balaban J connectivity index is 2.10. The summed E-state index contributed by atoms with van der Waals surface area (Å²) < 4.78 is 10.5. The molecule has 1 heterocycles. The molecule has 0 radical (unpaired) electrons. The Morgan fingerprint density at radius 1 is 1.32 bits per heavy atom. The normalized spacial score (nSPS) is 17.5. The summed E-state index contributed by atoms with van der Waals surface area (Å²) in [6.45, 7) is 2.43. The van der Waals surface area contributed by atoms with Crippen molar-refractivity contribution in [3.8, 4) is 11.5 Å². The summed E-state index contributed by atoms with van der Waals surface area (Å²) in [4.78, 5) is 25.5. The van der Waals surface area contributed by atoms with Crippen LogP contribution in [0, 0.1) is 0 Å². The first-order valence-corrected chi connectivity index (χ1v) is 7.40. The Labute approximate surface area is 130 Å². The van der Waals surface area contributed by atoms with Crippen LogP contribution in [0.4, 0.5) is 5.69 Å². The number of carbonyl (C=O) groups excluding carboxylic acids is 2. The summed E-state index contributed by atoms with van der Waals surface area (Å²) in [7, 11) is 3.12. The van der Waals surface area contributed by atoms with Gasteiger partial charge in [-0.15, -0.1) is 0 Å². The molecule has 0 bridgehead atoms. The van der Waals surface area contributed by atoms with Crippen molar-refractivity contribution in [3.63, 3.8) is 0 Å². The summed E-state index contributed by atoms with van der Waals surface area (Å²) >= 11 is 0. The number of benzene rings is 1. The molecule has 0 aliphatic carbocycles. The van der Waals surface area contributed by atoms with Crippen LogP contribution >= 0.6 is 0 Å². The van der Waals surface area contributed by atoms with Gasteiger partial charge in [0, 0.05) is 31.1 Å². The van der Waals surface area contributed by atoms with Gasteiger partial charge >= 0.3 is 0 Å². The minimum atomic E-state index is -0.139. The molecule has 1 aromatic rings. The quantitative estimate of drug-likeness (QED) is 0.869. The van der Waals surface area contributed by atoms with Gasteiger partial charge in [0.15, 0.2) is 11.5 Å². The summed E-state index contributed by atoms with van der Waals surface area (Å²) in [5, 5.41) is 2.90. The van der Waals surface area contributed by atoms with Crippen molar-refractivity contribution in [3.05, 3.63) is 18.2 Å². The molecule has 1 aliphatic heterocycles. The lowest BCUT2D eigenvalue weighted by Gasteiger charge is -2.19. The number of anilines is 1. The van der Waals surface area contributed by atoms with E-state index in [0.29, 0.717) is 30.9 Å². The van der Waals surface area contributed by atoms with Gasteiger partial charge in [0.1, 0.15) is 0 Å². The topological polar surface area (TPSA) is 67.9 Å². The van der Waals surface area contributed by atoms with Crippen LogP contribution in [0.3, 0.4) is 0 Å². The van der Waals surface area contributed by atoms with Crippen molar-refractivity contribution in [2.45, 2.75) is 32.2 Å². The number of rotatable bonds is 6. The van der Waals surface area contributed by atoms with Gasteiger partial charge in [-0.25, -0.2) is 0 Å². The highest BCUT2D eigenvalue weighted by atomic mass is 16.5. The van der Waals surface area contributed by atoms with E-state index in [1.54, 1.807) is 31.3 Å². The molecular weight excluding hydrogens is 284 g/mol. The van der Waals surface area contributed by atoms with Crippen LogP contribution in [0.25, 0.3) is 0 Å². The molecule has 6 nitrogen and oxygen atoms in total. The third-order valence-corrected chi connectivity index (χ3v) is 3.65. The standard InChI is InChI=1S/C16H22N2O4/c1-4-5-15(19)17-11-8-16(20)18(10-11)12-6-7-13(21-2)14(9-12)22-3/h6-7,9,11H,4-5,8,10H2,1-3H3,(H,17,19). The van der Waals surface area contributed by atoms with Crippen molar-refractivity contribution in [2.24, 2.45) is 0 Å². The van der Waals surface area contributed by atoms with Gasteiger partial charge in [-0.2, -0.15) is 0 Å². The number of ether oxygens (including phenoxy) is 2. The molecule has 0 spiro atoms. The SMILES string of the molecule is CCCC(=O)NC1CC(=O)N(c2ccc(OC)c(OC)c2)C1. The minimum Gasteiger partial charge on any atom is -0.493 e. The molecule has 1 aromatic carbocycles. The van der Waals surface area contributed by atoms with Gasteiger partial charge in [-0.05, 0) is 18.6 Å². The lowest BCUT2D eigenvalue weighted by molar-refractivity contribution is -0.121. The zero-order chi connectivity index (χ0) is 16.1. The predicted octanol–water partition coefficient (Wildman–Crippen LogP) is 1.73. The van der Waals surface area contributed by atoms with Crippen molar-refractivity contribution in [2.75, 3.05) is 25.7 Å². The van der Waals surface area contributed by atoms with Gasteiger partial charge in [-0.3, -0.25) is 9.59 Å². The van der Waals surface area contributed by atoms with E-state index in [1.165, 1.54) is 0 Å².